The fourth-order valence-corrected chi connectivity index (χ4v) is 5.83. The fraction of sp³-hybridized carbons (Fsp3) is 0.565. The molecule has 1 unspecified atom stereocenters. The lowest BCUT2D eigenvalue weighted by Gasteiger charge is -2.42. The summed E-state index contributed by atoms with van der Waals surface area (Å²) >= 11 is 1.53. The SMILES string of the molecule is CC(C)c1nn([C@H](OC=O)C(=O)NC2CCCN(C3CCC3)C2)c(=O)c2cc3ccsc3n12. The zero-order chi connectivity index (χ0) is 23.1. The van der Waals surface area contributed by atoms with Crippen LogP contribution in [0.4, 0.5) is 0 Å². The third-order valence-corrected chi connectivity index (χ3v) is 7.73. The van der Waals surface area contributed by atoms with Gasteiger partial charge in [0.25, 0.3) is 24.2 Å². The first-order chi connectivity index (χ1) is 16.0. The summed E-state index contributed by atoms with van der Waals surface area (Å²) in [5, 5.41) is 10.4. The van der Waals surface area contributed by atoms with Gasteiger partial charge in [-0.3, -0.25) is 23.7 Å². The zero-order valence-electron chi connectivity index (χ0n) is 18.9. The van der Waals surface area contributed by atoms with Crippen molar-refractivity contribution in [3.8, 4) is 0 Å². The van der Waals surface area contributed by atoms with Crippen LogP contribution in [-0.4, -0.2) is 56.6 Å². The maximum atomic E-state index is 13.4. The molecule has 0 bridgehead atoms. The largest absolute Gasteiger partial charge is 0.432 e. The predicted molar refractivity (Wildman–Crippen MR) is 125 cm³/mol. The molecule has 1 aliphatic heterocycles. The Kier molecular flexibility index (Phi) is 5.96. The second-order valence-corrected chi connectivity index (χ2v) is 10.2. The molecule has 9 nitrogen and oxygen atoms in total. The highest BCUT2D eigenvalue weighted by molar-refractivity contribution is 7.16. The van der Waals surface area contributed by atoms with Crippen LogP contribution in [0, 0.1) is 0 Å². The molecule has 3 aromatic rings. The number of likely N-dealkylation sites (tertiary alicyclic amines) is 1. The first kappa shape index (κ1) is 22.1. The molecule has 2 atom stereocenters. The maximum absolute atomic E-state index is 13.4. The van der Waals surface area contributed by atoms with Gasteiger partial charge in [0.05, 0.1) is 0 Å². The van der Waals surface area contributed by atoms with E-state index in [0.29, 0.717) is 17.4 Å². The monoisotopic (exact) mass is 471 g/mol. The molecule has 10 heteroatoms. The number of nitrogens with zero attached hydrogens (tertiary/aromatic N) is 4. The number of piperidine rings is 1. The van der Waals surface area contributed by atoms with Crippen molar-refractivity contribution < 1.29 is 14.3 Å². The summed E-state index contributed by atoms with van der Waals surface area (Å²) in [6, 6.07) is 4.30. The van der Waals surface area contributed by atoms with Gasteiger partial charge in [-0.1, -0.05) is 20.3 Å². The molecule has 2 fully saturated rings. The van der Waals surface area contributed by atoms with E-state index in [1.54, 1.807) is 6.07 Å². The molecule has 33 heavy (non-hydrogen) atoms. The molecule has 0 radical (unpaired) electrons. The van der Waals surface area contributed by atoms with E-state index >= 15 is 0 Å². The molecule has 0 aromatic carbocycles. The molecule has 3 aromatic heterocycles. The van der Waals surface area contributed by atoms with Crippen LogP contribution in [0.15, 0.2) is 22.3 Å². The third-order valence-electron chi connectivity index (χ3n) is 6.81. The Morgan fingerprint density at radius 2 is 2.12 bits per heavy atom. The molecule has 176 valence electrons. The average Bonchev–Trinajstić information content (AvgIpc) is 3.34. The highest BCUT2D eigenvalue weighted by Crippen LogP contribution is 2.28. The van der Waals surface area contributed by atoms with E-state index in [4.69, 9.17) is 4.74 Å². The van der Waals surface area contributed by atoms with Crippen molar-refractivity contribution >= 4 is 39.4 Å². The minimum Gasteiger partial charge on any atom is -0.432 e. The van der Waals surface area contributed by atoms with Crippen molar-refractivity contribution in [2.45, 2.75) is 70.2 Å². The molecule has 1 saturated heterocycles. The van der Waals surface area contributed by atoms with Crippen LogP contribution in [0.5, 0.6) is 0 Å². The van der Waals surface area contributed by atoms with Gasteiger partial charge in [-0.2, -0.15) is 9.78 Å². The van der Waals surface area contributed by atoms with Gasteiger partial charge in [0.15, 0.2) is 0 Å². The first-order valence-corrected chi connectivity index (χ1v) is 12.5. The van der Waals surface area contributed by atoms with Gasteiger partial charge in [0, 0.05) is 29.9 Å². The van der Waals surface area contributed by atoms with Crippen LogP contribution in [0.2, 0.25) is 0 Å². The van der Waals surface area contributed by atoms with Crippen LogP contribution in [-0.2, 0) is 14.3 Å². The Morgan fingerprint density at radius 1 is 1.30 bits per heavy atom. The van der Waals surface area contributed by atoms with E-state index < -0.39 is 17.7 Å². The maximum Gasteiger partial charge on any atom is 0.295 e. The van der Waals surface area contributed by atoms with Crippen LogP contribution in [0.1, 0.15) is 63.9 Å². The van der Waals surface area contributed by atoms with Gasteiger partial charge in [-0.15, -0.1) is 11.3 Å². The zero-order valence-corrected chi connectivity index (χ0v) is 19.7. The quantitative estimate of drug-likeness (QED) is 0.532. The van der Waals surface area contributed by atoms with Crippen LogP contribution in [0.3, 0.4) is 0 Å². The van der Waals surface area contributed by atoms with Gasteiger partial charge < -0.3 is 10.1 Å². The van der Waals surface area contributed by atoms with Gasteiger partial charge in [0.2, 0.25) is 0 Å². The first-order valence-electron chi connectivity index (χ1n) is 11.6. The van der Waals surface area contributed by atoms with Gasteiger partial charge in [0.1, 0.15) is 16.2 Å². The van der Waals surface area contributed by atoms with Crippen LogP contribution < -0.4 is 10.9 Å². The number of aromatic nitrogens is 3. The number of nitrogens with one attached hydrogen (secondary N) is 1. The second-order valence-electron chi connectivity index (χ2n) is 9.32. The number of ether oxygens (including phenoxy) is 1. The summed E-state index contributed by atoms with van der Waals surface area (Å²) in [5.41, 5.74) is -0.0544. The molecule has 0 spiro atoms. The summed E-state index contributed by atoms with van der Waals surface area (Å²) in [7, 11) is 0. The smallest absolute Gasteiger partial charge is 0.295 e. The number of thiophene rings is 1. The summed E-state index contributed by atoms with van der Waals surface area (Å²) < 4.78 is 8.01. The topological polar surface area (TPSA) is 97.9 Å². The summed E-state index contributed by atoms with van der Waals surface area (Å²) in [5.74, 6) is 0.0825. The van der Waals surface area contributed by atoms with E-state index in [-0.39, 0.29) is 18.4 Å². The van der Waals surface area contributed by atoms with E-state index in [1.165, 1.54) is 30.6 Å². The fourth-order valence-electron chi connectivity index (χ4n) is 4.92. The lowest BCUT2D eigenvalue weighted by Crippen LogP contribution is -2.54. The van der Waals surface area contributed by atoms with Gasteiger partial charge in [-0.05, 0) is 49.7 Å². The summed E-state index contributed by atoms with van der Waals surface area (Å²) in [6.45, 7) is 5.98. The number of amides is 1. The van der Waals surface area contributed by atoms with Crippen molar-refractivity contribution in [2.24, 2.45) is 0 Å². The van der Waals surface area contributed by atoms with Crippen molar-refractivity contribution in [3.05, 3.63) is 33.7 Å². The van der Waals surface area contributed by atoms with Crippen molar-refractivity contribution in [1.29, 1.82) is 0 Å². The molecular weight excluding hydrogens is 442 g/mol. The highest BCUT2D eigenvalue weighted by atomic mass is 32.1. The molecule has 5 rings (SSSR count). The normalized spacial score (nSPS) is 20.8. The van der Waals surface area contributed by atoms with Crippen LogP contribution >= 0.6 is 11.3 Å². The Hall–Kier alpha value is -2.72. The lowest BCUT2D eigenvalue weighted by atomic mass is 9.89. The van der Waals surface area contributed by atoms with Crippen LogP contribution in [0.25, 0.3) is 15.7 Å². The Bertz CT molecular complexity index is 1240. The predicted octanol–water partition coefficient (Wildman–Crippen LogP) is 2.64. The van der Waals surface area contributed by atoms with E-state index in [9.17, 15) is 14.4 Å². The lowest BCUT2D eigenvalue weighted by molar-refractivity contribution is -0.153. The Labute approximate surface area is 195 Å². The molecule has 1 N–H and O–H groups in total. The Morgan fingerprint density at radius 3 is 2.82 bits per heavy atom. The average molecular weight is 472 g/mol. The molecule has 1 saturated carbocycles. The van der Waals surface area contributed by atoms with Crippen molar-refractivity contribution in [2.75, 3.05) is 13.1 Å². The second kappa shape index (κ2) is 8.90. The number of hydrogen-bond donors (Lipinski definition) is 1. The van der Waals surface area contributed by atoms with Gasteiger partial charge >= 0.3 is 0 Å². The standard InChI is InChI=1S/C23H29N5O4S/c1-14(2)19-25-28(21(31)18-11-15-8-10-33-23(15)27(18)19)22(32-13-29)20(30)24-16-5-4-9-26(12-16)17-6-3-7-17/h8,10-11,13-14,16-17,22H,3-7,9,12H2,1-2H3,(H,24,30)/t16?,22-/m1/s1. The highest BCUT2D eigenvalue weighted by Gasteiger charge is 2.33. The number of carbonyl (C=O) groups is 2. The van der Waals surface area contributed by atoms with E-state index in [0.717, 1.165) is 40.8 Å². The summed E-state index contributed by atoms with van der Waals surface area (Å²) in [4.78, 5) is 41.3. The van der Waals surface area contributed by atoms with E-state index in [1.807, 2.05) is 29.7 Å². The number of hydrogen-bond acceptors (Lipinski definition) is 7. The molecule has 1 amide bonds. The number of carbonyl (C=O) groups excluding carboxylic acids is 2. The molecule has 4 heterocycles. The molecule has 2 aliphatic rings. The minimum absolute atomic E-state index is 0.0219. The number of rotatable bonds is 7. The minimum atomic E-state index is -1.45. The van der Waals surface area contributed by atoms with E-state index in [2.05, 4.69) is 15.3 Å². The molecule has 1 aliphatic carbocycles. The third kappa shape index (κ3) is 3.95. The van der Waals surface area contributed by atoms with Crippen molar-refractivity contribution in [3.63, 3.8) is 0 Å². The Balaban J connectivity index is 1.47. The van der Waals surface area contributed by atoms with Crippen molar-refractivity contribution in [1.82, 2.24) is 24.4 Å². The summed E-state index contributed by atoms with van der Waals surface area (Å²) in [6.07, 6.45) is 4.09. The van der Waals surface area contributed by atoms with Gasteiger partial charge in [-0.25, -0.2) is 0 Å². The number of fused-ring (bicyclic) bond motifs is 3. The molecular formula is C23H29N5O4S.